The van der Waals surface area contributed by atoms with Gasteiger partial charge in [-0.25, -0.2) is 9.18 Å². The standard InChI is InChI=1S/C15H10BrFN2O4/c1-8-2-3-9(6-10(8)17)14-18-13(23-19-14)7-21-15(20)11-4-5-12(16)22-11/h2-6H,7H2,1H3. The van der Waals surface area contributed by atoms with E-state index in [0.717, 1.165) is 0 Å². The Morgan fingerprint density at radius 3 is 2.87 bits per heavy atom. The first kappa shape index (κ1) is 15.4. The highest BCUT2D eigenvalue weighted by Crippen LogP contribution is 2.20. The van der Waals surface area contributed by atoms with Crippen LogP contribution in [-0.2, 0) is 11.3 Å². The lowest BCUT2D eigenvalue weighted by molar-refractivity contribution is 0.0392. The van der Waals surface area contributed by atoms with Gasteiger partial charge in [-0.05, 0) is 46.6 Å². The molecule has 0 saturated carbocycles. The number of carbonyl (C=O) groups is 1. The molecule has 0 spiro atoms. The lowest BCUT2D eigenvalue weighted by atomic mass is 10.1. The monoisotopic (exact) mass is 380 g/mol. The smallest absolute Gasteiger partial charge is 0.374 e. The molecule has 2 aromatic heterocycles. The molecule has 1 aromatic carbocycles. The number of rotatable bonds is 4. The van der Waals surface area contributed by atoms with Crippen molar-refractivity contribution in [2.75, 3.05) is 0 Å². The van der Waals surface area contributed by atoms with Gasteiger partial charge in [0.2, 0.25) is 11.6 Å². The number of aromatic nitrogens is 2. The van der Waals surface area contributed by atoms with E-state index in [-0.39, 0.29) is 29.9 Å². The van der Waals surface area contributed by atoms with Crippen LogP contribution in [0.2, 0.25) is 0 Å². The Morgan fingerprint density at radius 2 is 2.17 bits per heavy atom. The van der Waals surface area contributed by atoms with Crippen molar-refractivity contribution in [3.63, 3.8) is 0 Å². The fourth-order valence-corrected chi connectivity index (χ4v) is 2.09. The summed E-state index contributed by atoms with van der Waals surface area (Å²) >= 11 is 3.09. The van der Waals surface area contributed by atoms with E-state index in [1.54, 1.807) is 25.1 Å². The van der Waals surface area contributed by atoms with Gasteiger partial charge < -0.3 is 13.7 Å². The minimum atomic E-state index is -0.656. The number of aryl methyl sites for hydroxylation is 1. The SMILES string of the molecule is Cc1ccc(-c2noc(COC(=O)c3ccc(Br)o3)n2)cc1F. The van der Waals surface area contributed by atoms with Crippen LogP contribution in [0.1, 0.15) is 22.0 Å². The first-order valence-corrected chi connectivity index (χ1v) is 7.34. The molecule has 8 heteroatoms. The maximum absolute atomic E-state index is 13.5. The quantitative estimate of drug-likeness (QED) is 0.638. The van der Waals surface area contributed by atoms with Crippen molar-refractivity contribution in [2.24, 2.45) is 0 Å². The Labute approximate surface area is 138 Å². The molecule has 3 rings (SSSR count). The first-order valence-electron chi connectivity index (χ1n) is 6.54. The van der Waals surface area contributed by atoms with E-state index in [2.05, 4.69) is 26.1 Å². The Morgan fingerprint density at radius 1 is 1.35 bits per heavy atom. The van der Waals surface area contributed by atoms with E-state index in [9.17, 15) is 9.18 Å². The van der Waals surface area contributed by atoms with Crippen LogP contribution < -0.4 is 0 Å². The number of halogens is 2. The molecule has 0 aliphatic carbocycles. The van der Waals surface area contributed by atoms with Crippen LogP contribution in [0.4, 0.5) is 4.39 Å². The van der Waals surface area contributed by atoms with E-state index >= 15 is 0 Å². The van der Waals surface area contributed by atoms with Crippen molar-refractivity contribution in [3.05, 3.63) is 58.0 Å². The summed E-state index contributed by atoms with van der Waals surface area (Å²) in [5.41, 5.74) is 1.00. The third-order valence-corrected chi connectivity index (χ3v) is 3.43. The van der Waals surface area contributed by atoms with Gasteiger partial charge in [0.15, 0.2) is 11.3 Å². The second kappa shape index (κ2) is 6.33. The molecular formula is C15H10BrFN2O4. The van der Waals surface area contributed by atoms with Crippen LogP contribution in [0.5, 0.6) is 0 Å². The molecule has 0 radical (unpaired) electrons. The topological polar surface area (TPSA) is 78.4 Å². The molecule has 0 aliphatic heterocycles. The number of benzene rings is 1. The predicted octanol–water partition coefficient (Wildman–Crippen LogP) is 3.90. The summed E-state index contributed by atoms with van der Waals surface area (Å²) < 4.78 is 29.0. The second-order valence-corrected chi connectivity index (χ2v) is 5.44. The number of hydrogen-bond donors (Lipinski definition) is 0. The summed E-state index contributed by atoms with van der Waals surface area (Å²) in [6.45, 7) is 1.45. The summed E-state index contributed by atoms with van der Waals surface area (Å²) in [6, 6.07) is 7.67. The van der Waals surface area contributed by atoms with Crippen molar-refractivity contribution in [2.45, 2.75) is 13.5 Å². The number of furan rings is 1. The molecule has 3 aromatic rings. The number of esters is 1. The van der Waals surface area contributed by atoms with Crippen LogP contribution in [0, 0.1) is 12.7 Å². The maximum atomic E-state index is 13.5. The molecule has 0 unspecified atom stereocenters. The lowest BCUT2D eigenvalue weighted by Gasteiger charge is -1.98. The molecule has 23 heavy (non-hydrogen) atoms. The summed E-state index contributed by atoms with van der Waals surface area (Å²) in [6.07, 6.45) is 0. The zero-order valence-corrected chi connectivity index (χ0v) is 13.5. The fraction of sp³-hybridized carbons (Fsp3) is 0.133. The summed E-state index contributed by atoms with van der Waals surface area (Å²) in [5, 5.41) is 3.74. The van der Waals surface area contributed by atoms with Crippen LogP contribution >= 0.6 is 15.9 Å². The minimum absolute atomic E-state index is 0.0530. The van der Waals surface area contributed by atoms with Gasteiger partial charge in [0.05, 0.1) is 0 Å². The van der Waals surface area contributed by atoms with Crippen molar-refractivity contribution in [1.29, 1.82) is 0 Å². The third kappa shape index (κ3) is 3.48. The van der Waals surface area contributed by atoms with Gasteiger partial charge in [-0.15, -0.1) is 0 Å². The molecule has 0 aliphatic rings. The van der Waals surface area contributed by atoms with E-state index in [4.69, 9.17) is 13.7 Å². The van der Waals surface area contributed by atoms with Gasteiger partial charge in [-0.2, -0.15) is 4.98 Å². The molecule has 0 atom stereocenters. The van der Waals surface area contributed by atoms with E-state index < -0.39 is 5.97 Å². The number of hydrogen-bond acceptors (Lipinski definition) is 6. The Bertz CT molecular complexity index is 859. The van der Waals surface area contributed by atoms with Gasteiger partial charge in [-0.3, -0.25) is 0 Å². The molecule has 0 bridgehead atoms. The minimum Gasteiger partial charge on any atom is -0.450 e. The van der Waals surface area contributed by atoms with Crippen LogP contribution in [0.15, 0.2) is 43.9 Å². The molecule has 0 saturated heterocycles. The maximum Gasteiger partial charge on any atom is 0.374 e. The van der Waals surface area contributed by atoms with Crippen molar-refractivity contribution in [1.82, 2.24) is 10.1 Å². The largest absolute Gasteiger partial charge is 0.450 e. The van der Waals surface area contributed by atoms with Crippen molar-refractivity contribution in [3.8, 4) is 11.4 Å². The zero-order chi connectivity index (χ0) is 16.4. The highest BCUT2D eigenvalue weighted by molar-refractivity contribution is 9.10. The Kier molecular flexibility index (Phi) is 4.24. The summed E-state index contributed by atoms with van der Waals surface area (Å²) in [4.78, 5) is 15.8. The number of carbonyl (C=O) groups excluding carboxylic acids is 1. The summed E-state index contributed by atoms with van der Waals surface area (Å²) in [7, 11) is 0. The first-order chi connectivity index (χ1) is 11.0. The van der Waals surface area contributed by atoms with Gasteiger partial charge in [0, 0.05) is 5.56 Å². The highest BCUT2D eigenvalue weighted by atomic mass is 79.9. The van der Waals surface area contributed by atoms with Crippen LogP contribution in [-0.4, -0.2) is 16.1 Å². The highest BCUT2D eigenvalue weighted by Gasteiger charge is 2.15. The van der Waals surface area contributed by atoms with E-state index in [1.807, 2.05) is 0 Å². The normalized spacial score (nSPS) is 10.7. The van der Waals surface area contributed by atoms with Gasteiger partial charge in [0.25, 0.3) is 5.89 Å². The van der Waals surface area contributed by atoms with Gasteiger partial charge >= 0.3 is 5.97 Å². The Balaban J connectivity index is 1.67. The number of ether oxygens (including phenoxy) is 1. The van der Waals surface area contributed by atoms with Crippen LogP contribution in [0.3, 0.4) is 0 Å². The second-order valence-electron chi connectivity index (χ2n) is 4.66. The lowest BCUT2D eigenvalue weighted by Crippen LogP contribution is -2.04. The molecule has 118 valence electrons. The Hall–Kier alpha value is -2.48. The van der Waals surface area contributed by atoms with E-state index in [0.29, 0.717) is 15.8 Å². The van der Waals surface area contributed by atoms with Gasteiger partial charge in [-0.1, -0.05) is 17.3 Å². The van der Waals surface area contributed by atoms with Gasteiger partial charge in [0.1, 0.15) is 5.82 Å². The summed E-state index contributed by atoms with van der Waals surface area (Å²) in [5.74, 6) is -0.645. The number of nitrogens with zero attached hydrogens (tertiary/aromatic N) is 2. The third-order valence-electron chi connectivity index (χ3n) is 3.00. The fourth-order valence-electron chi connectivity index (χ4n) is 1.79. The zero-order valence-electron chi connectivity index (χ0n) is 11.9. The molecule has 0 amide bonds. The molecule has 2 heterocycles. The molecule has 0 N–H and O–H groups in total. The molecular weight excluding hydrogens is 371 g/mol. The molecule has 6 nitrogen and oxygen atoms in total. The predicted molar refractivity (Wildman–Crippen MR) is 80.0 cm³/mol. The van der Waals surface area contributed by atoms with Crippen LogP contribution in [0.25, 0.3) is 11.4 Å². The molecule has 0 fully saturated rings. The average Bonchev–Trinajstić information content (AvgIpc) is 3.17. The van der Waals surface area contributed by atoms with E-state index in [1.165, 1.54) is 12.1 Å². The average molecular weight is 381 g/mol. The van der Waals surface area contributed by atoms with Crippen molar-refractivity contribution < 1.29 is 22.9 Å². The van der Waals surface area contributed by atoms with Crippen molar-refractivity contribution >= 4 is 21.9 Å².